The molecule has 150 valence electrons. The lowest BCUT2D eigenvalue weighted by molar-refractivity contribution is -0.140. The van der Waals surface area contributed by atoms with Gasteiger partial charge in [-0.15, -0.1) is 0 Å². The maximum Gasteiger partial charge on any atom is 0.325 e. The number of rotatable bonds is 8. The second kappa shape index (κ2) is 7.87. The third-order valence-electron chi connectivity index (χ3n) is 5.55. The van der Waals surface area contributed by atoms with Crippen LogP contribution in [0.15, 0.2) is 30.3 Å². The average molecular weight is 396 g/mol. The highest BCUT2D eigenvalue weighted by molar-refractivity contribution is 7.87. The highest BCUT2D eigenvalue weighted by Gasteiger charge is 2.63. The van der Waals surface area contributed by atoms with Crippen molar-refractivity contribution < 1.29 is 18.3 Å². The van der Waals surface area contributed by atoms with Crippen LogP contribution in [0.3, 0.4) is 0 Å². The molecule has 0 unspecified atom stereocenters. The SMILES string of the molecule is CC(C)CCN1CCN(S(=O)(=O)N[C@@]2(C(=O)O)C[C@H]2c2ccccc2)CC1. The molecule has 2 aliphatic rings. The molecule has 0 radical (unpaired) electrons. The number of hydrogen-bond acceptors (Lipinski definition) is 4. The summed E-state index contributed by atoms with van der Waals surface area (Å²) in [4.78, 5) is 14.1. The molecular formula is C19H29N3O4S. The van der Waals surface area contributed by atoms with Crippen LogP contribution in [0.25, 0.3) is 0 Å². The first-order chi connectivity index (χ1) is 12.7. The van der Waals surface area contributed by atoms with Crippen molar-refractivity contribution in [3.05, 3.63) is 35.9 Å². The molecule has 8 heteroatoms. The Morgan fingerprint density at radius 3 is 2.41 bits per heavy atom. The fraction of sp³-hybridized carbons (Fsp3) is 0.632. The first-order valence-electron chi connectivity index (χ1n) is 9.54. The fourth-order valence-corrected chi connectivity index (χ4v) is 5.22. The van der Waals surface area contributed by atoms with Crippen LogP contribution >= 0.6 is 0 Å². The number of benzene rings is 1. The summed E-state index contributed by atoms with van der Waals surface area (Å²) in [6.07, 6.45) is 1.37. The first kappa shape index (κ1) is 20.3. The molecule has 27 heavy (non-hydrogen) atoms. The van der Waals surface area contributed by atoms with Gasteiger partial charge in [-0.2, -0.15) is 17.4 Å². The molecule has 7 nitrogen and oxygen atoms in total. The molecule has 1 saturated heterocycles. The number of carboxylic acids is 1. The molecule has 3 rings (SSSR count). The Kier molecular flexibility index (Phi) is 5.90. The summed E-state index contributed by atoms with van der Waals surface area (Å²) in [6.45, 7) is 7.45. The van der Waals surface area contributed by atoms with Crippen LogP contribution in [-0.4, -0.2) is 67.0 Å². The number of carbonyl (C=O) groups is 1. The van der Waals surface area contributed by atoms with Crippen molar-refractivity contribution in [1.82, 2.24) is 13.9 Å². The van der Waals surface area contributed by atoms with Crippen LogP contribution in [0.1, 0.15) is 38.2 Å². The van der Waals surface area contributed by atoms with Gasteiger partial charge in [-0.25, -0.2) is 0 Å². The van der Waals surface area contributed by atoms with E-state index in [0.29, 0.717) is 32.1 Å². The molecule has 0 spiro atoms. The first-order valence-corrected chi connectivity index (χ1v) is 11.0. The minimum absolute atomic E-state index is 0.278. The van der Waals surface area contributed by atoms with Crippen LogP contribution in [-0.2, 0) is 15.0 Å². The Balaban J connectivity index is 1.63. The van der Waals surface area contributed by atoms with Crippen molar-refractivity contribution in [2.45, 2.75) is 38.1 Å². The minimum Gasteiger partial charge on any atom is -0.480 e. The maximum atomic E-state index is 12.8. The van der Waals surface area contributed by atoms with E-state index in [1.54, 1.807) is 0 Å². The second-order valence-electron chi connectivity index (χ2n) is 7.97. The van der Waals surface area contributed by atoms with Crippen LogP contribution in [0.5, 0.6) is 0 Å². The lowest BCUT2D eigenvalue weighted by atomic mass is 10.1. The molecule has 1 aliphatic carbocycles. The van der Waals surface area contributed by atoms with Crippen LogP contribution in [0.4, 0.5) is 0 Å². The quantitative estimate of drug-likeness (QED) is 0.696. The lowest BCUT2D eigenvalue weighted by Gasteiger charge is -2.34. The van der Waals surface area contributed by atoms with E-state index in [2.05, 4.69) is 23.5 Å². The van der Waals surface area contributed by atoms with E-state index in [0.717, 1.165) is 18.5 Å². The van der Waals surface area contributed by atoms with E-state index in [1.807, 2.05) is 30.3 Å². The Labute approximate surface area is 161 Å². The van der Waals surface area contributed by atoms with Gasteiger partial charge in [0.1, 0.15) is 5.54 Å². The van der Waals surface area contributed by atoms with E-state index in [9.17, 15) is 18.3 Å². The van der Waals surface area contributed by atoms with Gasteiger partial charge < -0.3 is 10.0 Å². The lowest BCUT2D eigenvalue weighted by Crippen LogP contribution is -2.56. The molecule has 1 aromatic rings. The number of hydrogen-bond donors (Lipinski definition) is 2. The molecular weight excluding hydrogens is 366 g/mol. The predicted octanol–water partition coefficient (Wildman–Crippen LogP) is 1.50. The van der Waals surface area contributed by atoms with Gasteiger partial charge in [0.2, 0.25) is 0 Å². The summed E-state index contributed by atoms with van der Waals surface area (Å²) in [5.74, 6) is -0.831. The zero-order valence-corrected chi connectivity index (χ0v) is 16.8. The Morgan fingerprint density at radius 1 is 1.22 bits per heavy atom. The van der Waals surface area contributed by atoms with Crippen molar-refractivity contribution >= 4 is 16.2 Å². The van der Waals surface area contributed by atoms with Gasteiger partial charge >= 0.3 is 5.97 Å². The van der Waals surface area contributed by atoms with Gasteiger partial charge in [0.05, 0.1) is 0 Å². The van der Waals surface area contributed by atoms with E-state index < -0.39 is 21.7 Å². The summed E-state index contributed by atoms with van der Waals surface area (Å²) >= 11 is 0. The number of carboxylic acid groups (broad SMARTS) is 1. The maximum absolute atomic E-state index is 12.8. The van der Waals surface area contributed by atoms with Gasteiger partial charge in [-0.1, -0.05) is 44.2 Å². The molecule has 1 saturated carbocycles. The molecule has 1 aliphatic heterocycles. The third-order valence-corrected chi connectivity index (χ3v) is 7.22. The van der Waals surface area contributed by atoms with Crippen LogP contribution < -0.4 is 4.72 Å². The number of piperazine rings is 1. The number of nitrogens with zero attached hydrogens (tertiary/aromatic N) is 2. The smallest absolute Gasteiger partial charge is 0.325 e. The normalized spacial score (nSPS) is 27.0. The topological polar surface area (TPSA) is 90.0 Å². The summed E-state index contributed by atoms with van der Waals surface area (Å²) < 4.78 is 29.5. The van der Waals surface area contributed by atoms with Crippen LogP contribution in [0, 0.1) is 5.92 Å². The Bertz CT molecular complexity index is 760. The van der Waals surface area contributed by atoms with E-state index in [4.69, 9.17) is 0 Å². The molecule has 1 heterocycles. The zero-order valence-electron chi connectivity index (χ0n) is 16.0. The Hall–Kier alpha value is -1.48. The minimum atomic E-state index is -3.84. The van der Waals surface area contributed by atoms with E-state index >= 15 is 0 Å². The zero-order chi connectivity index (χ0) is 19.7. The third kappa shape index (κ3) is 4.51. The average Bonchev–Trinajstić information content (AvgIpc) is 3.36. The number of nitrogens with one attached hydrogen (secondary N) is 1. The standard InChI is InChI=1S/C19H29N3O4S/c1-15(2)8-9-21-10-12-22(13-11-21)27(25,26)20-19(18(23)24)14-17(19)16-6-4-3-5-7-16/h3-7,15,17,20H,8-14H2,1-2H3,(H,23,24)/t17-,19-/m0/s1. The molecule has 2 N–H and O–H groups in total. The van der Waals surface area contributed by atoms with E-state index in [-0.39, 0.29) is 12.3 Å². The van der Waals surface area contributed by atoms with Gasteiger partial charge in [0.25, 0.3) is 10.2 Å². The van der Waals surface area contributed by atoms with Crippen LogP contribution in [0.2, 0.25) is 0 Å². The fourth-order valence-electron chi connectivity index (χ4n) is 3.67. The highest BCUT2D eigenvalue weighted by Crippen LogP contribution is 2.52. The van der Waals surface area contributed by atoms with E-state index in [1.165, 1.54) is 4.31 Å². The molecule has 0 amide bonds. The van der Waals surface area contributed by atoms with Gasteiger partial charge in [-0.05, 0) is 30.9 Å². The molecule has 0 aromatic heterocycles. The Morgan fingerprint density at radius 2 is 1.85 bits per heavy atom. The summed E-state index contributed by atoms with van der Waals surface area (Å²) in [6, 6.07) is 9.22. The molecule has 1 aromatic carbocycles. The van der Waals surface area contributed by atoms with Gasteiger partial charge in [0, 0.05) is 32.1 Å². The van der Waals surface area contributed by atoms with Crippen molar-refractivity contribution in [3.8, 4) is 0 Å². The van der Waals surface area contributed by atoms with Gasteiger partial charge in [-0.3, -0.25) is 4.79 Å². The second-order valence-corrected chi connectivity index (χ2v) is 9.64. The molecule has 0 bridgehead atoms. The summed E-state index contributed by atoms with van der Waals surface area (Å²) in [5.41, 5.74) is -0.587. The monoisotopic (exact) mass is 395 g/mol. The summed E-state index contributed by atoms with van der Waals surface area (Å²) in [5, 5.41) is 9.71. The molecule has 2 fully saturated rings. The van der Waals surface area contributed by atoms with Crippen molar-refractivity contribution in [3.63, 3.8) is 0 Å². The largest absolute Gasteiger partial charge is 0.480 e. The van der Waals surface area contributed by atoms with Crippen molar-refractivity contribution in [1.29, 1.82) is 0 Å². The van der Waals surface area contributed by atoms with Crippen molar-refractivity contribution in [2.24, 2.45) is 5.92 Å². The highest BCUT2D eigenvalue weighted by atomic mass is 32.2. The van der Waals surface area contributed by atoms with Crippen molar-refractivity contribution in [2.75, 3.05) is 32.7 Å². The summed E-state index contributed by atoms with van der Waals surface area (Å²) in [7, 11) is -3.84. The molecule has 2 atom stereocenters. The van der Waals surface area contributed by atoms with Gasteiger partial charge in [0.15, 0.2) is 0 Å². The number of aliphatic carboxylic acids is 1. The predicted molar refractivity (Wildman–Crippen MR) is 104 cm³/mol.